The van der Waals surface area contributed by atoms with Crippen LogP contribution in [0.5, 0.6) is 0 Å². The fourth-order valence-electron chi connectivity index (χ4n) is 5.11. The first-order chi connectivity index (χ1) is 8.10. The zero-order valence-electron chi connectivity index (χ0n) is 11.0. The molecule has 4 atom stereocenters. The molecule has 2 bridgehead atoms. The third-order valence-electron chi connectivity index (χ3n) is 5.93. The fourth-order valence-corrected chi connectivity index (χ4v) is 5.11. The Morgan fingerprint density at radius 2 is 2.24 bits per heavy atom. The molecule has 98 valence electrons. The van der Waals surface area contributed by atoms with Gasteiger partial charge in [-0.05, 0) is 57.5 Å². The monoisotopic (exact) mass is 238 g/mol. The van der Waals surface area contributed by atoms with Crippen LogP contribution in [-0.2, 0) is 0 Å². The molecule has 0 aromatic rings. The van der Waals surface area contributed by atoms with Crippen LogP contribution in [0.3, 0.4) is 0 Å². The Hall–Kier alpha value is -0.120. The van der Waals surface area contributed by atoms with Gasteiger partial charge in [0.1, 0.15) is 0 Å². The number of β-amino-alcohol motifs (C(OH)–C–C–N with tert-alkyl or cyclic N) is 1. The second-order valence-electron chi connectivity index (χ2n) is 6.81. The molecule has 1 heterocycles. The number of likely N-dealkylation sites (tertiary alicyclic amines) is 1. The number of aliphatic hydroxyl groups is 1. The summed E-state index contributed by atoms with van der Waals surface area (Å²) in [7, 11) is 2.13. The highest BCUT2D eigenvalue weighted by Crippen LogP contribution is 2.61. The molecule has 3 fully saturated rings. The molecule has 0 amide bonds. The number of fused-ring (bicyclic) bond motifs is 2. The second-order valence-corrected chi connectivity index (χ2v) is 6.81. The molecule has 3 aliphatic rings. The zero-order chi connectivity index (χ0) is 12.1. The first-order valence-electron chi connectivity index (χ1n) is 7.21. The van der Waals surface area contributed by atoms with Gasteiger partial charge in [-0.25, -0.2) is 0 Å². The molecule has 2 saturated carbocycles. The van der Waals surface area contributed by atoms with Gasteiger partial charge in [0.15, 0.2) is 0 Å². The Kier molecular flexibility index (Phi) is 2.77. The summed E-state index contributed by atoms with van der Waals surface area (Å²) in [5.41, 5.74) is 5.65. The minimum Gasteiger partial charge on any atom is -0.388 e. The van der Waals surface area contributed by atoms with Gasteiger partial charge < -0.3 is 15.7 Å². The van der Waals surface area contributed by atoms with Gasteiger partial charge in [-0.15, -0.1) is 0 Å². The molecule has 17 heavy (non-hydrogen) atoms. The lowest BCUT2D eigenvalue weighted by Gasteiger charge is -2.53. The normalized spacial score (nSPS) is 51.0. The van der Waals surface area contributed by atoms with E-state index in [9.17, 15) is 5.11 Å². The molecular formula is C14H26N2O. The van der Waals surface area contributed by atoms with Crippen LogP contribution in [-0.4, -0.2) is 42.3 Å². The number of likely N-dealkylation sites (N-methyl/N-ethyl adjacent to an activating group) is 1. The maximum absolute atomic E-state index is 11.2. The van der Waals surface area contributed by atoms with Crippen molar-refractivity contribution in [2.75, 3.05) is 26.7 Å². The van der Waals surface area contributed by atoms with Gasteiger partial charge in [-0.1, -0.05) is 6.42 Å². The predicted octanol–water partition coefficient (Wildman–Crippen LogP) is 1.21. The van der Waals surface area contributed by atoms with Gasteiger partial charge in [0.25, 0.3) is 0 Å². The Labute approximate surface area is 104 Å². The first-order valence-corrected chi connectivity index (χ1v) is 7.21. The SMILES string of the molecule is CN1CCCC(O)(C2(CN)CC3CCC2C3)C1. The first kappa shape index (κ1) is 11.9. The van der Waals surface area contributed by atoms with Gasteiger partial charge in [-0.3, -0.25) is 0 Å². The van der Waals surface area contributed by atoms with Crippen LogP contribution in [0, 0.1) is 17.3 Å². The van der Waals surface area contributed by atoms with E-state index in [0.29, 0.717) is 12.5 Å². The summed E-state index contributed by atoms with van der Waals surface area (Å²) in [6, 6.07) is 0. The lowest BCUT2D eigenvalue weighted by molar-refractivity contribution is -0.142. The Morgan fingerprint density at radius 1 is 1.41 bits per heavy atom. The van der Waals surface area contributed by atoms with Crippen LogP contribution in [0.2, 0.25) is 0 Å². The standard InChI is InChI=1S/C14H26N2O/c1-16-6-2-5-14(17,10-16)13(9-15)8-11-3-4-12(13)7-11/h11-12,17H,2-10,15H2,1H3. The van der Waals surface area contributed by atoms with E-state index in [1.807, 2.05) is 0 Å². The van der Waals surface area contributed by atoms with Crippen molar-refractivity contribution in [2.45, 2.75) is 44.1 Å². The highest BCUT2D eigenvalue weighted by Gasteiger charge is 2.60. The van der Waals surface area contributed by atoms with Crippen molar-refractivity contribution in [3.05, 3.63) is 0 Å². The maximum atomic E-state index is 11.2. The molecule has 0 radical (unpaired) electrons. The molecular weight excluding hydrogens is 212 g/mol. The second kappa shape index (κ2) is 3.94. The summed E-state index contributed by atoms with van der Waals surface area (Å²) in [5, 5.41) is 11.2. The number of piperidine rings is 1. The Bertz CT molecular complexity index is 309. The fraction of sp³-hybridized carbons (Fsp3) is 1.00. The van der Waals surface area contributed by atoms with Crippen LogP contribution in [0.25, 0.3) is 0 Å². The van der Waals surface area contributed by atoms with Crippen LogP contribution in [0.4, 0.5) is 0 Å². The van der Waals surface area contributed by atoms with E-state index < -0.39 is 5.60 Å². The van der Waals surface area contributed by atoms with Crippen LogP contribution >= 0.6 is 0 Å². The number of nitrogens with two attached hydrogens (primary N) is 1. The van der Waals surface area contributed by atoms with Crippen molar-refractivity contribution in [3.63, 3.8) is 0 Å². The van der Waals surface area contributed by atoms with Gasteiger partial charge in [0.2, 0.25) is 0 Å². The van der Waals surface area contributed by atoms with Crippen molar-refractivity contribution in [2.24, 2.45) is 23.0 Å². The molecule has 3 nitrogen and oxygen atoms in total. The van der Waals surface area contributed by atoms with Crippen LogP contribution in [0.15, 0.2) is 0 Å². The molecule has 0 aromatic heterocycles. The third kappa shape index (κ3) is 1.59. The van der Waals surface area contributed by atoms with E-state index in [0.717, 1.165) is 31.8 Å². The van der Waals surface area contributed by atoms with Gasteiger partial charge in [-0.2, -0.15) is 0 Å². The highest BCUT2D eigenvalue weighted by molar-refractivity contribution is 5.12. The third-order valence-corrected chi connectivity index (χ3v) is 5.93. The summed E-state index contributed by atoms with van der Waals surface area (Å²) in [4.78, 5) is 2.28. The lowest BCUT2D eigenvalue weighted by atomic mass is 9.60. The number of hydrogen-bond donors (Lipinski definition) is 2. The summed E-state index contributed by atoms with van der Waals surface area (Å²) in [6.45, 7) is 2.63. The molecule has 3 rings (SSSR count). The van der Waals surface area contributed by atoms with Gasteiger partial charge in [0.05, 0.1) is 5.60 Å². The van der Waals surface area contributed by atoms with E-state index in [1.165, 1.54) is 25.7 Å². The van der Waals surface area contributed by atoms with Crippen molar-refractivity contribution < 1.29 is 5.11 Å². The van der Waals surface area contributed by atoms with Gasteiger partial charge in [0, 0.05) is 18.5 Å². The molecule has 0 spiro atoms. The van der Waals surface area contributed by atoms with E-state index in [2.05, 4.69) is 11.9 Å². The smallest absolute Gasteiger partial charge is 0.0845 e. The van der Waals surface area contributed by atoms with E-state index in [4.69, 9.17) is 5.73 Å². The number of rotatable bonds is 2. The molecule has 0 aromatic carbocycles. The molecule has 3 heteroatoms. The largest absolute Gasteiger partial charge is 0.388 e. The van der Waals surface area contributed by atoms with Crippen LogP contribution in [0.1, 0.15) is 38.5 Å². The average Bonchev–Trinajstić information content (AvgIpc) is 2.88. The van der Waals surface area contributed by atoms with Crippen molar-refractivity contribution in [3.8, 4) is 0 Å². The molecule has 3 N–H and O–H groups in total. The number of nitrogens with zero attached hydrogens (tertiary/aromatic N) is 1. The maximum Gasteiger partial charge on any atom is 0.0845 e. The predicted molar refractivity (Wildman–Crippen MR) is 68.6 cm³/mol. The summed E-state index contributed by atoms with van der Waals surface area (Å²) < 4.78 is 0. The summed E-state index contributed by atoms with van der Waals surface area (Å²) >= 11 is 0. The Balaban J connectivity index is 1.89. The molecule has 4 unspecified atom stereocenters. The van der Waals surface area contributed by atoms with Crippen molar-refractivity contribution in [1.82, 2.24) is 4.90 Å². The molecule has 1 saturated heterocycles. The zero-order valence-corrected chi connectivity index (χ0v) is 11.0. The summed E-state index contributed by atoms with van der Waals surface area (Å²) in [6.07, 6.45) is 7.25. The average molecular weight is 238 g/mol. The van der Waals surface area contributed by atoms with Crippen molar-refractivity contribution in [1.29, 1.82) is 0 Å². The highest BCUT2D eigenvalue weighted by atomic mass is 16.3. The van der Waals surface area contributed by atoms with Crippen molar-refractivity contribution >= 4 is 0 Å². The Morgan fingerprint density at radius 3 is 2.76 bits per heavy atom. The van der Waals surface area contributed by atoms with E-state index >= 15 is 0 Å². The molecule has 2 aliphatic carbocycles. The quantitative estimate of drug-likeness (QED) is 0.760. The van der Waals surface area contributed by atoms with E-state index in [1.54, 1.807) is 0 Å². The number of hydrogen-bond acceptors (Lipinski definition) is 3. The van der Waals surface area contributed by atoms with Gasteiger partial charge >= 0.3 is 0 Å². The minimum atomic E-state index is -0.519. The summed E-state index contributed by atoms with van der Waals surface area (Å²) in [5.74, 6) is 1.54. The van der Waals surface area contributed by atoms with E-state index in [-0.39, 0.29) is 5.41 Å². The molecule has 1 aliphatic heterocycles. The minimum absolute atomic E-state index is 0.0323. The van der Waals surface area contributed by atoms with Crippen LogP contribution < -0.4 is 5.73 Å². The lowest BCUT2D eigenvalue weighted by Crippen LogP contribution is -2.62. The topological polar surface area (TPSA) is 49.5 Å².